The first kappa shape index (κ1) is 22.7. The molecule has 1 aliphatic rings. The van der Waals surface area contributed by atoms with Crippen molar-refractivity contribution in [1.29, 1.82) is 0 Å². The number of methoxy groups -OCH3 is 1. The molecule has 31 heavy (non-hydrogen) atoms. The summed E-state index contributed by atoms with van der Waals surface area (Å²) in [4.78, 5) is 7.21. The van der Waals surface area contributed by atoms with E-state index in [1.165, 1.54) is 5.69 Å². The van der Waals surface area contributed by atoms with Gasteiger partial charge in [-0.1, -0.05) is 24.3 Å². The summed E-state index contributed by atoms with van der Waals surface area (Å²) < 4.78 is 10.9. The lowest BCUT2D eigenvalue weighted by Gasteiger charge is -2.34. The number of nitrogens with one attached hydrogen (secondary N) is 2. The van der Waals surface area contributed by atoms with Gasteiger partial charge in [0.2, 0.25) is 0 Å². The Labute approximate surface area is 185 Å². The van der Waals surface area contributed by atoms with Crippen LogP contribution in [-0.4, -0.2) is 57.1 Å². The Morgan fingerprint density at radius 1 is 1.13 bits per heavy atom. The first-order valence-corrected chi connectivity index (χ1v) is 11.0. The number of aliphatic imine (C=N–C) groups is 1. The minimum Gasteiger partial charge on any atom is -0.493 e. The molecule has 0 bridgehead atoms. The lowest BCUT2D eigenvalue weighted by molar-refractivity contribution is 0.196. The quantitative estimate of drug-likeness (QED) is 0.423. The number of guanidine groups is 1. The second kappa shape index (κ2) is 12.1. The van der Waals surface area contributed by atoms with Crippen LogP contribution in [0.3, 0.4) is 0 Å². The molecular formula is C24H34N4O3. The molecule has 7 nitrogen and oxygen atoms in total. The number of aliphatic hydroxyl groups is 1. The first-order chi connectivity index (χ1) is 15.2. The molecule has 1 heterocycles. The highest BCUT2D eigenvalue weighted by molar-refractivity contribution is 5.80. The van der Waals surface area contributed by atoms with Crippen LogP contribution in [0.5, 0.6) is 11.5 Å². The van der Waals surface area contributed by atoms with Crippen molar-refractivity contribution in [2.24, 2.45) is 4.99 Å². The molecular weight excluding hydrogens is 392 g/mol. The Morgan fingerprint density at radius 3 is 2.58 bits per heavy atom. The predicted molar refractivity (Wildman–Crippen MR) is 125 cm³/mol. The van der Waals surface area contributed by atoms with E-state index in [0.29, 0.717) is 24.1 Å². The van der Waals surface area contributed by atoms with Gasteiger partial charge in [-0.25, -0.2) is 4.99 Å². The molecule has 168 valence electrons. The molecule has 0 spiro atoms. The van der Waals surface area contributed by atoms with Gasteiger partial charge >= 0.3 is 0 Å². The zero-order valence-electron chi connectivity index (χ0n) is 18.5. The fourth-order valence-corrected chi connectivity index (χ4v) is 3.69. The lowest BCUT2D eigenvalue weighted by atomic mass is 10.0. The van der Waals surface area contributed by atoms with Crippen molar-refractivity contribution in [2.45, 2.75) is 32.4 Å². The summed E-state index contributed by atoms with van der Waals surface area (Å²) in [5, 5.41) is 15.9. The number of aliphatic hydroxyl groups excluding tert-OH is 1. The van der Waals surface area contributed by atoms with E-state index < -0.39 is 0 Å². The monoisotopic (exact) mass is 426 g/mol. The highest BCUT2D eigenvalue weighted by atomic mass is 16.5. The molecule has 2 aromatic carbocycles. The summed E-state index contributed by atoms with van der Waals surface area (Å²) in [6.07, 6.45) is 2.15. The highest BCUT2D eigenvalue weighted by Crippen LogP contribution is 2.28. The number of nitrogens with zero attached hydrogens (tertiary/aromatic N) is 2. The number of rotatable bonds is 9. The van der Waals surface area contributed by atoms with Crippen LogP contribution < -0.4 is 25.0 Å². The van der Waals surface area contributed by atoms with Gasteiger partial charge in [-0.15, -0.1) is 0 Å². The third-order valence-corrected chi connectivity index (χ3v) is 5.30. The largest absolute Gasteiger partial charge is 0.493 e. The van der Waals surface area contributed by atoms with E-state index in [4.69, 9.17) is 19.6 Å². The Bertz CT molecular complexity index is 821. The Hall–Kier alpha value is -2.93. The fourth-order valence-electron chi connectivity index (χ4n) is 3.69. The second-order valence-electron chi connectivity index (χ2n) is 7.49. The molecule has 0 saturated carbocycles. The van der Waals surface area contributed by atoms with Gasteiger partial charge in [0, 0.05) is 31.4 Å². The van der Waals surface area contributed by atoms with Crippen LogP contribution in [0, 0.1) is 0 Å². The summed E-state index contributed by atoms with van der Waals surface area (Å²) in [6, 6.07) is 16.8. The predicted octanol–water partition coefficient (Wildman–Crippen LogP) is 2.79. The highest BCUT2D eigenvalue weighted by Gasteiger charge is 2.20. The molecule has 0 atom stereocenters. The average molecular weight is 427 g/mol. The summed E-state index contributed by atoms with van der Waals surface area (Å²) in [6.45, 7) is 5.70. The van der Waals surface area contributed by atoms with Crippen molar-refractivity contribution in [1.82, 2.24) is 10.6 Å². The number of ether oxygens (including phenoxy) is 2. The van der Waals surface area contributed by atoms with Gasteiger partial charge in [0.25, 0.3) is 0 Å². The minimum absolute atomic E-state index is 0.0306. The summed E-state index contributed by atoms with van der Waals surface area (Å²) in [7, 11) is 1.61. The van der Waals surface area contributed by atoms with E-state index in [9.17, 15) is 0 Å². The van der Waals surface area contributed by atoms with Crippen molar-refractivity contribution >= 4 is 11.6 Å². The molecule has 1 aliphatic heterocycles. The number of hydrogen-bond acceptors (Lipinski definition) is 5. The topological polar surface area (TPSA) is 78.4 Å². The lowest BCUT2D eigenvalue weighted by Crippen LogP contribution is -2.48. The van der Waals surface area contributed by atoms with E-state index in [-0.39, 0.29) is 13.2 Å². The van der Waals surface area contributed by atoms with Crippen molar-refractivity contribution in [2.75, 3.05) is 44.9 Å². The maximum atomic E-state index is 8.95. The third-order valence-electron chi connectivity index (χ3n) is 5.30. The molecule has 0 aromatic heterocycles. The Balaban J connectivity index is 1.57. The molecule has 0 amide bonds. The van der Waals surface area contributed by atoms with Crippen LogP contribution in [0.1, 0.15) is 25.3 Å². The molecule has 7 heteroatoms. The first-order valence-electron chi connectivity index (χ1n) is 11.0. The molecule has 1 fully saturated rings. The number of benzene rings is 2. The van der Waals surface area contributed by atoms with Crippen molar-refractivity contribution in [3.8, 4) is 11.5 Å². The van der Waals surface area contributed by atoms with Gasteiger partial charge < -0.3 is 30.1 Å². The average Bonchev–Trinajstić information content (AvgIpc) is 2.82. The smallest absolute Gasteiger partial charge is 0.191 e. The number of piperidine rings is 1. The van der Waals surface area contributed by atoms with Gasteiger partial charge in [-0.3, -0.25) is 0 Å². The van der Waals surface area contributed by atoms with E-state index in [2.05, 4.69) is 52.8 Å². The zero-order chi connectivity index (χ0) is 21.9. The van der Waals surface area contributed by atoms with Crippen LogP contribution in [-0.2, 0) is 6.54 Å². The maximum absolute atomic E-state index is 8.95. The van der Waals surface area contributed by atoms with Crippen LogP contribution in [0.4, 0.5) is 5.69 Å². The van der Waals surface area contributed by atoms with Crippen molar-refractivity contribution < 1.29 is 14.6 Å². The number of para-hydroxylation sites is 1. The van der Waals surface area contributed by atoms with Crippen LogP contribution >= 0.6 is 0 Å². The zero-order valence-corrected chi connectivity index (χ0v) is 18.5. The molecule has 0 aliphatic carbocycles. The van der Waals surface area contributed by atoms with Gasteiger partial charge in [-0.2, -0.15) is 0 Å². The second-order valence-corrected chi connectivity index (χ2v) is 7.49. The van der Waals surface area contributed by atoms with Crippen molar-refractivity contribution in [3.63, 3.8) is 0 Å². The summed E-state index contributed by atoms with van der Waals surface area (Å²) >= 11 is 0. The summed E-state index contributed by atoms with van der Waals surface area (Å²) in [5.74, 6) is 2.10. The van der Waals surface area contributed by atoms with Gasteiger partial charge in [-0.05, 0) is 49.6 Å². The van der Waals surface area contributed by atoms with E-state index in [0.717, 1.165) is 44.0 Å². The van der Waals surface area contributed by atoms with E-state index in [1.807, 2.05) is 18.2 Å². The molecule has 0 unspecified atom stereocenters. The molecule has 2 aromatic rings. The SMILES string of the molecule is CCNC(=NCc1ccc(OCCO)c(OC)c1)NC1CCN(c2ccccc2)CC1. The Morgan fingerprint density at radius 2 is 1.90 bits per heavy atom. The van der Waals surface area contributed by atoms with Crippen LogP contribution in [0.25, 0.3) is 0 Å². The summed E-state index contributed by atoms with van der Waals surface area (Å²) in [5.41, 5.74) is 2.33. The molecule has 3 rings (SSSR count). The molecule has 1 saturated heterocycles. The molecule has 3 N–H and O–H groups in total. The Kier molecular flexibility index (Phi) is 8.84. The van der Waals surface area contributed by atoms with E-state index >= 15 is 0 Å². The van der Waals surface area contributed by atoms with E-state index in [1.54, 1.807) is 7.11 Å². The van der Waals surface area contributed by atoms with Gasteiger partial charge in [0.15, 0.2) is 17.5 Å². The normalized spacial score (nSPS) is 14.9. The minimum atomic E-state index is -0.0306. The maximum Gasteiger partial charge on any atom is 0.191 e. The van der Waals surface area contributed by atoms with Crippen LogP contribution in [0.2, 0.25) is 0 Å². The van der Waals surface area contributed by atoms with Gasteiger partial charge in [0.1, 0.15) is 6.61 Å². The molecule has 0 radical (unpaired) electrons. The number of anilines is 1. The van der Waals surface area contributed by atoms with Crippen molar-refractivity contribution in [3.05, 3.63) is 54.1 Å². The standard InChI is InChI=1S/C24H34N4O3/c1-3-25-24(26-18-19-9-10-22(31-16-15-29)23(17-19)30-2)27-20-11-13-28(14-12-20)21-7-5-4-6-8-21/h4-10,17,20,29H,3,11-16,18H2,1-2H3,(H2,25,26,27). The fraction of sp³-hybridized carbons (Fsp3) is 0.458. The van der Waals surface area contributed by atoms with Gasteiger partial charge in [0.05, 0.1) is 20.3 Å². The number of hydrogen-bond donors (Lipinski definition) is 3. The third kappa shape index (κ3) is 6.79. The van der Waals surface area contributed by atoms with Crippen LogP contribution in [0.15, 0.2) is 53.5 Å².